The first-order chi connectivity index (χ1) is 17.0. The molecule has 2 aliphatic carbocycles. The molecule has 5 aromatic rings. The fourth-order valence-electron chi connectivity index (χ4n) is 6.54. The van der Waals surface area contributed by atoms with E-state index >= 15 is 0 Å². The van der Waals surface area contributed by atoms with Crippen LogP contribution < -0.4 is 0 Å². The first-order valence-corrected chi connectivity index (χ1v) is 12.3. The predicted molar refractivity (Wildman–Crippen MR) is 133 cm³/mol. The van der Waals surface area contributed by atoms with Crippen molar-refractivity contribution in [3.8, 4) is 22.8 Å². The third-order valence-electron chi connectivity index (χ3n) is 8.19. The zero-order chi connectivity index (χ0) is 23.7. The zero-order valence-electron chi connectivity index (χ0n) is 20.1. The highest BCUT2D eigenvalue weighted by Crippen LogP contribution is 2.54. The normalized spacial score (nSPS) is 23.1. The molecule has 4 heterocycles. The number of hydrogen-bond acceptors (Lipinski definition) is 6. The molecule has 0 N–H and O–H groups in total. The molecule has 0 saturated heterocycles. The molecule has 0 bridgehead atoms. The summed E-state index contributed by atoms with van der Waals surface area (Å²) in [6.45, 7) is 6.61. The van der Waals surface area contributed by atoms with Crippen molar-refractivity contribution >= 4 is 10.9 Å². The second-order valence-electron chi connectivity index (χ2n) is 10.3. The van der Waals surface area contributed by atoms with E-state index in [1.807, 2.05) is 55.7 Å². The van der Waals surface area contributed by atoms with Crippen molar-refractivity contribution in [1.82, 2.24) is 20.1 Å². The highest BCUT2D eigenvalue weighted by atomic mass is 16.5. The van der Waals surface area contributed by atoms with Crippen LogP contribution >= 0.6 is 0 Å². The van der Waals surface area contributed by atoms with Gasteiger partial charge in [0.2, 0.25) is 0 Å². The summed E-state index contributed by atoms with van der Waals surface area (Å²) in [5, 5.41) is 5.19. The van der Waals surface area contributed by atoms with Gasteiger partial charge in [-0.1, -0.05) is 37.2 Å². The first-order valence-electron chi connectivity index (χ1n) is 12.3. The molecule has 1 aromatic carbocycles. The van der Waals surface area contributed by atoms with Crippen molar-refractivity contribution in [3.63, 3.8) is 0 Å². The number of hydrogen-bond donors (Lipinski definition) is 0. The minimum absolute atomic E-state index is 0.150. The Morgan fingerprint density at radius 2 is 1.94 bits per heavy atom. The van der Waals surface area contributed by atoms with Gasteiger partial charge in [-0.25, -0.2) is 9.97 Å². The lowest BCUT2D eigenvalue weighted by molar-refractivity contribution is 0.172. The molecule has 0 unspecified atom stereocenters. The molecular weight excluding hydrogens is 436 g/mol. The summed E-state index contributed by atoms with van der Waals surface area (Å²) in [6.07, 6.45) is 6.55. The topological polar surface area (TPSA) is 77.8 Å². The highest BCUT2D eigenvalue weighted by molar-refractivity contribution is 5.92. The Hall–Kier alpha value is -3.80. The maximum absolute atomic E-state index is 6.12. The summed E-state index contributed by atoms with van der Waals surface area (Å²) in [6, 6.07) is 14.2. The molecule has 3 atom stereocenters. The maximum Gasteiger partial charge on any atom is 0.160 e. The quantitative estimate of drug-likeness (QED) is 0.301. The second-order valence-corrected chi connectivity index (χ2v) is 10.3. The lowest BCUT2D eigenvalue weighted by Gasteiger charge is -2.47. The Labute approximate surface area is 203 Å². The second kappa shape index (κ2) is 7.35. The van der Waals surface area contributed by atoms with Crippen molar-refractivity contribution in [2.45, 2.75) is 51.4 Å². The van der Waals surface area contributed by atoms with Gasteiger partial charge < -0.3 is 8.94 Å². The minimum atomic E-state index is -0.150. The van der Waals surface area contributed by atoms with Crippen LogP contribution in [-0.2, 0) is 18.3 Å². The van der Waals surface area contributed by atoms with Gasteiger partial charge in [0.15, 0.2) is 11.6 Å². The van der Waals surface area contributed by atoms with Crippen LogP contribution in [-0.4, -0.2) is 20.1 Å². The average molecular weight is 463 g/mol. The van der Waals surface area contributed by atoms with E-state index in [0.29, 0.717) is 5.92 Å². The molecule has 2 aliphatic rings. The molecule has 0 aliphatic heterocycles. The van der Waals surface area contributed by atoms with Gasteiger partial charge in [0.1, 0.15) is 17.2 Å². The Morgan fingerprint density at radius 3 is 2.80 bits per heavy atom. The van der Waals surface area contributed by atoms with Crippen LogP contribution in [0.25, 0.3) is 33.7 Å². The average Bonchev–Trinajstić information content (AvgIpc) is 3.52. The number of nitrogens with zero attached hydrogens (tertiary/aromatic N) is 4. The van der Waals surface area contributed by atoms with Gasteiger partial charge in [-0.2, -0.15) is 0 Å². The van der Waals surface area contributed by atoms with E-state index in [9.17, 15) is 0 Å². The SMILES string of the molecule is Cc1ccc(-c2nc(-c3ccnc4ccccc34)nc3c2CC[C@@H]2[C@@H](C)c4oncc4C[C@@]32C)o1. The molecular formula is C29H26N4O2. The summed E-state index contributed by atoms with van der Waals surface area (Å²) >= 11 is 0. The number of aromatic nitrogens is 4. The van der Waals surface area contributed by atoms with Crippen LogP contribution in [0.5, 0.6) is 0 Å². The number of para-hydroxylation sites is 1. The van der Waals surface area contributed by atoms with E-state index in [1.54, 1.807) is 0 Å². The molecule has 6 heteroatoms. The molecule has 0 fully saturated rings. The zero-order valence-corrected chi connectivity index (χ0v) is 20.1. The molecule has 35 heavy (non-hydrogen) atoms. The van der Waals surface area contributed by atoms with Crippen molar-refractivity contribution in [2.24, 2.45) is 5.92 Å². The maximum atomic E-state index is 6.12. The van der Waals surface area contributed by atoms with Crippen LogP contribution in [0.2, 0.25) is 0 Å². The lowest BCUT2D eigenvalue weighted by atomic mass is 9.56. The van der Waals surface area contributed by atoms with Crippen LogP contribution in [0.1, 0.15) is 54.5 Å². The van der Waals surface area contributed by atoms with Gasteiger partial charge >= 0.3 is 0 Å². The molecule has 6 nitrogen and oxygen atoms in total. The Morgan fingerprint density at radius 1 is 1.06 bits per heavy atom. The molecule has 174 valence electrons. The van der Waals surface area contributed by atoms with E-state index in [2.05, 4.69) is 30.1 Å². The van der Waals surface area contributed by atoms with Crippen molar-refractivity contribution in [3.05, 3.63) is 83.2 Å². The summed E-state index contributed by atoms with van der Waals surface area (Å²) < 4.78 is 11.8. The Balaban J connectivity index is 1.51. The summed E-state index contributed by atoms with van der Waals surface area (Å²) in [5.41, 5.74) is 6.20. The van der Waals surface area contributed by atoms with Gasteiger partial charge in [0, 0.05) is 39.6 Å². The minimum Gasteiger partial charge on any atom is -0.460 e. The van der Waals surface area contributed by atoms with Crippen LogP contribution in [0.15, 0.2) is 63.8 Å². The van der Waals surface area contributed by atoms with E-state index in [4.69, 9.17) is 18.9 Å². The van der Waals surface area contributed by atoms with Gasteiger partial charge in [-0.05, 0) is 56.4 Å². The molecule has 0 amide bonds. The monoisotopic (exact) mass is 462 g/mol. The number of pyridine rings is 1. The summed E-state index contributed by atoms with van der Waals surface area (Å²) in [7, 11) is 0. The Bertz CT molecular complexity index is 1590. The van der Waals surface area contributed by atoms with Crippen molar-refractivity contribution < 1.29 is 8.94 Å². The fourth-order valence-corrected chi connectivity index (χ4v) is 6.54. The van der Waals surface area contributed by atoms with Crippen molar-refractivity contribution in [1.29, 1.82) is 0 Å². The van der Waals surface area contributed by atoms with E-state index in [0.717, 1.165) is 70.2 Å². The molecule has 0 saturated carbocycles. The van der Waals surface area contributed by atoms with Gasteiger partial charge in [-0.3, -0.25) is 4.98 Å². The predicted octanol–water partition coefficient (Wildman–Crippen LogP) is 6.43. The molecule has 0 spiro atoms. The molecule has 4 aromatic heterocycles. The Kier molecular flexibility index (Phi) is 4.32. The van der Waals surface area contributed by atoms with Gasteiger partial charge in [0.05, 0.1) is 17.4 Å². The lowest BCUT2D eigenvalue weighted by Crippen LogP contribution is -2.45. The van der Waals surface area contributed by atoms with Gasteiger partial charge in [0.25, 0.3) is 0 Å². The summed E-state index contributed by atoms with van der Waals surface area (Å²) in [5.74, 6) is 4.14. The van der Waals surface area contributed by atoms with Crippen LogP contribution in [0.3, 0.4) is 0 Å². The van der Waals surface area contributed by atoms with Crippen molar-refractivity contribution in [2.75, 3.05) is 0 Å². The number of rotatable bonds is 2. The first kappa shape index (κ1) is 20.6. The van der Waals surface area contributed by atoms with Crippen LogP contribution in [0, 0.1) is 12.8 Å². The molecule has 0 radical (unpaired) electrons. The smallest absolute Gasteiger partial charge is 0.160 e. The van der Waals surface area contributed by atoms with E-state index in [1.165, 1.54) is 11.1 Å². The third-order valence-corrected chi connectivity index (χ3v) is 8.19. The number of furan rings is 1. The largest absolute Gasteiger partial charge is 0.460 e. The van der Waals surface area contributed by atoms with Gasteiger partial charge in [-0.15, -0.1) is 0 Å². The molecule has 7 rings (SSSR count). The number of aryl methyl sites for hydroxylation is 1. The number of benzene rings is 1. The van der Waals surface area contributed by atoms with E-state index < -0.39 is 0 Å². The van der Waals surface area contributed by atoms with E-state index in [-0.39, 0.29) is 11.3 Å². The highest BCUT2D eigenvalue weighted by Gasteiger charge is 2.50. The number of fused-ring (bicyclic) bond motifs is 5. The third kappa shape index (κ3) is 2.95. The fraction of sp³-hybridized carbons (Fsp3) is 0.310. The summed E-state index contributed by atoms with van der Waals surface area (Å²) in [4.78, 5) is 15.0. The standard InChI is InChI=1S/C29H26N4O2/c1-16-8-11-24(34-16)25-21-9-10-22-17(2)26-18(15-31-35-26)14-29(22,3)27(21)33-28(32-25)20-12-13-30-23-7-5-4-6-19(20)23/h4-8,11-13,15,17,22H,9-10,14H2,1-3H3/t17-,22-,29-/m1/s1. The van der Waals surface area contributed by atoms with Crippen LogP contribution in [0.4, 0.5) is 0 Å².